The first kappa shape index (κ1) is 16.5. The Labute approximate surface area is 121 Å². The summed E-state index contributed by atoms with van der Waals surface area (Å²) in [5, 5.41) is 0. The van der Waals surface area contributed by atoms with Crippen molar-refractivity contribution in [2.24, 2.45) is 0 Å². The molecule has 1 aromatic carbocycles. The van der Waals surface area contributed by atoms with Gasteiger partial charge in [0.1, 0.15) is 10.6 Å². The van der Waals surface area contributed by atoms with E-state index in [0.29, 0.717) is 5.75 Å². The Bertz CT molecular complexity index is 596. The number of nitrogens with zero attached hydrogens (tertiary/aromatic N) is 1. The van der Waals surface area contributed by atoms with Crippen molar-refractivity contribution in [1.82, 2.24) is 4.31 Å². The molecule has 0 radical (unpaired) electrons. The standard InChI is InChI=1S/C15H21NO3S/c1-6-8-16(9-7-2)20(17,18)15-11-13(4)12(3)10-14(15)19-5/h6-7,10-11H,1-2,8-9H2,3-5H3. The summed E-state index contributed by atoms with van der Waals surface area (Å²) in [5.74, 6) is 0.353. The van der Waals surface area contributed by atoms with Crippen LogP contribution in [0.4, 0.5) is 0 Å². The lowest BCUT2D eigenvalue weighted by atomic mass is 10.1. The van der Waals surface area contributed by atoms with Gasteiger partial charge in [-0.15, -0.1) is 13.2 Å². The molecule has 0 bridgehead atoms. The number of benzene rings is 1. The third-order valence-corrected chi connectivity index (χ3v) is 4.92. The van der Waals surface area contributed by atoms with Gasteiger partial charge in [0, 0.05) is 13.1 Å². The second kappa shape index (κ2) is 6.72. The van der Waals surface area contributed by atoms with Gasteiger partial charge in [-0.3, -0.25) is 0 Å². The maximum atomic E-state index is 12.7. The van der Waals surface area contributed by atoms with Crippen LogP contribution in [-0.4, -0.2) is 32.9 Å². The van der Waals surface area contributed by atoms with Crippen molar-refractivity contribution in [2.45, 2.75) is 18.7 Å². The lowest BCUT2D eigenvalue weighted by Gasteiger charge is -2.21. The highest BCUT2D eigenvalue weighted by Crippen LogP contribution is 2.29. The van der Waals surface area contributed by atoms with Crippen LogP contribution < -0.4 is 4.74 Å². The van der Waals surface area contributed by atoms with Crippen LogP contribution in [0, 0.1) is 13.8 Å². The summed E-state index contributed by atoms with van der Waals surface area (Å²) in [6.45, 7) is 11.4. The van der Waals surface area contributed by atoms with E-state index in [1.807, 2.05) is 13.8 Å². The van der Waals surface area contributed by atoms with Crippen molar-refractivity contribution in [3.63, 3.8) is 0 Å². The molecule has 0 unspecified atom stereocenters. The van der Waals surface area contributed by atoms with Crippen LogP contribution in [0.15, 0.2) is 42.3 Å². The topological polar surface area (TPSA) is 46.6 Å². The van der Waals surface area contributed by atoms with Gasteiger partial charge in [0.15, 0.2) is 0 Å². The average molecular weight is 295 g/mol. The minimum atomic E-state index is -3.64. The lowest BCUT2D eigenvalue weighted by Crippen LogP contribution is -2.31. The Balaban J connectivity index is 3.43. The highest BCUT2D eigenvalue weighted by atomic mass is 32.2. The van der Waals surface area contributed by atoms with Gasteiger partial charge < -0.3 is 4.74 Å². The minimum absolute atomic E-state index is 0.173. The summed E-state index contributed by atoms with van der Waals surface area (Å²) in [6, 6.07) is 3.38. The Morgan fingerprint density at radius 3 is 2.10 bits per heavy atom. The van der Waals surface area contributed by atoms with Gasteiger partial charge in [0.05, 0.1) is 7.11 Å². The molecule has 0 aliphatic rings. The number of ether oxygens (including phenoxy) is 1. The lowest BCUT2D eigenvalue weighted by molar-refractivity contribution is 0.397. The molecule has 0 heterocycles. The molecule has 20 heavy (non-hydrogen) atoms. The zero-order valence-electron chi connectivity index (χ0n) is 12.2. The molecular weight excluding hydrogens is 274 g/mol. The van der Waals surface area contributed by atoms with Crippen LogP contribution in [0.25, 0.3) is 0 Å². The molecule has 0 amide bonds. The molecule has 0 atom stereocenters. The molecule has 0 aliphatic carbocycles. The predicted octanol–water partition coefficient (Wildman–Crippen LogP) is 2.67. The van der Waals surface area contributed by atoms with Gasteiger partial charge in [-0.05, 0) is 37.1 Å². The van der Waals surface area contributed by atoms with E-state index in [1.165, 1.54) is 11.4 Å². The fourth-order valence-corrected chi connectivity index (χ4v) is 3.43. The third kappa shape index (κ3) is 3.29. The third-order valence-electron chi connectivity index (χ3n) is 3.06. The molecule has 1 rings (SSSR count). The molecule has 0 saturated carbocycles. The molecule has 0 saturated heterocycles. The normalized spacial score (nSPS) is 11.4. The smallest absolute Gasteiger partial charge is 0.247 e. The predicted molar refractivity (Wildman–Crippen MR) is 81.6 cm³/mol. The zero-order chi connectivity index (χ0) is 15.3. The van der Waals surface area contributed by atoms with E-state index in [-0.39, 0.29) is 18.0 Å². The fourth-order valence-electron chi connectivity index (χ4n) is 1.82. The first-order valence-corrected chi connectivity index (χ1v) is 7.69. The second-order valence-corrected chi connectivity index (χ2v) is 6.39. The Morgan fingerprint density at radius 1 is 1.15 bits per heavy atom. The van der Waals surface area contributed by atoms with Gasteiger partial charge in [0.2, 0.25) is 10.0 Å². The number of hydrogen-bond donors (Lipinski definition) is 0. The van der Waals surface area contributed by atoms with Gasteiger partial charge >= 0.3 is 0 Å². The molecule has 0 aromatic heterocycles. The molecular formula is C15H21NO3S. The highest BCUT2D eigenvalue weighted by Gasteiger charge is 2.26. The number of aryl methyl sites for hydroxylation is 2. The SMILES string of the molecule is C=CCN(CC=C)S(=O)(=O)c1cc(C)c(C)cc1OC. The molecule has 0 aliphatic heterocycles. The van der Waals surface area contributed by atoms with E-state index in [1.54, 1.807) is 24.3 Å². The fraction of sp³-hybridized carbons (Fsp3) is 0.333. The van der Waals surface area contributed by atoms with E-state index in [4.69, 9.17) is 4.74 Å². The molecule has 110 valence electrons. The van der Waals surface area contributed by atoms with E-state index in [9.17, 15) is 8.42 Å². The Morgan fingerprint density at radius 2 is 1.65 bits per heavy atom. The summed E-state index contributed by atoms with van der Waals surface area (Å²) < 4.78 is 31.9. The van der Waals surface area contributed by atoms with Gasteiger partial charge in [-0.2, -0.15) is 4.31 Å². The van der Waals surface area contributed by atoms with Crippen LogP contribution >= 0.6 is 0 Å². The second-order valence-electron chi connectivity index (χ2n) is 4.49. The van der Waals surface area contributed by atoms with Crippen molar-refractivity contribution in [2.75, 3.05) is 20.2 Å². The number of rotatable bonds is 7. The van der Waals surface area contributed by atoms with Gasteiger partial charge in [-0.1, -0.05) is 12.2 Å². The first-order valence-electron chi connectivity index (χ1n) is 6.25. The van der Waals surface area contributed by atoms with Crippen LogP contribution in [0.5, 0.6) is 5.75 Å². The summed E-state index contributed by atoms with van der Waals surface area (Å²) in [5.41, 5.74) is 1.89. The van der Waals surface area contributed by atoms with Crippen molar-refractivity contribution >= 4 is 10.0 Å². The van der Waals surface area contributed by atoms with Crippen molar-refractivity contribution in [1.29, 1.82) is 0 Å². The molecule has 0 spiro atoms. The summed E-state index contributed by atoms with van der Waals surface area (Å²) in [6.07, 6.45) is 3.10. The maximum Gasteiger partial charge on any atom is 0.247 e. The maximum absolute atomic E-state index is 12.7. The van der Waals surface area contributed by atoms with Crippen molar-refractivity contribution in [3.05, 3.63) is 48.6 Å². The quantitative estimate of drug-likeness (QED) is 0.727. The monoisotopic (exact) mass is 295 g/mol. The molecule has 4 nitrogen and oxygen atoms in total. The summed E-state index contributed by atoms with van der Waals surface area (Å²) in [4.78, 5) is 0.173. The molecule has 0 N–H and O–H groups in total. The first-order chi connectivity index (χ1) is 9.38. The van der Waals surface area contributed by atoms with Crippen LogP contribution in [0.3, 0.4) is 0 Å². The number of methoxy groups -OCH3 is 1. The zero-order valence-corrected chi connectivity index (χ0v) is 13.0. The Hall–Kier alpha value is -1.59. The number of hydrogen-bond acceptors (Lipinski definition) is 3. The van der Waals surface area contributed by atoms with E-state index in [0.717, 1.165) is 11.1 Å². The summed E-state index contributed by atoms with van der Waals surface area (Å²) in [7, 11) is -2.17. The van der Waals surface area contributed by atoms with Crippen LogP contribution in [0.2, 0.25) is 0 Å². The van der Waals surface area contributed by atoms with Gasteiger partial charge in [0.25, 0.3) is 0 Å². The van der Waals surface area contributed by atoms with Gasteiger partial charge in [-0.25, -0.2) is 8.42 Å². The number of sulfonamides is 1. The highest BCUT2D eigenvalue weighted by molar-refractivity contribution is 7.89. The van der Waals surface area contributed by atoms with Crippen molar-refractivity contribution in [3.8, 4) is 5.75 Å². The molecule has 5 heteroatoms. The van der Waals surface area contributed by atoms with Crippen LogP contribution in [-0.2, 0) is 10.0 Å². The largest absolute Gasteiger partial charge is 0.495 e. The Kier molecular flexibility index (Phi) is 5.53. The summed E-state index contributed by atoms with van der Waals surface area (Å²) >= 11 is 0. The molecule has 0 fully saturated rings. The van der Waals surface area contributed by atoms with E-state index < -0.39 is 10.0 Å². The van der Waals surface area contributed by atoms with E-state index >= 15 is 0 Å². The van der Waals surface area contributed by atoms with Crippen LogP contribution in [0.1, 0.15) is 11.1 Å². The van der Waals surface area contributed by atoms with Crippen molar-refractivity contribution < 1.29 is 13.2 Å². The van der Waals surface area contributed by atoms with E-state index in [2.05, 4.69) is 13.2 Å². The molecule has 1 aromatic rings. The average Bonchev–Trinajstić information content (AvgIpc) is 2.41. The minimum Gasteiger partial charge on any atom is -0.495 e.